The number of halogens is 3. The number of aromatic nitrogens is 4. The van der Waals surface area contributed by atoms with Crippen molar-refractivity contribution in [3.05, 3.63) is 176 Å². The zero-order valence-corrected chi connectivity index (χ0v) is 36.3. The van der Waals surface area contributed by atoms with Crippen molar-refractivity contribution in [1.29, 1.82) is 0 Å². The number of benzene rings is 6. The number of hydrogen-bond acceptors (Lipinski definition) is 4. The first kappa shape index (κ1) is 41.3. The van der Waals surface area contributed by atoms with Gasteiger partial charge >= 0.3 is 0 Å². The van der Waals surface area contributed by atoms with Gasteiger partial charge in [-0.25, -0.2) is 9.97 Å². The maximum Gasteiger partial charge on any atom is 0.256 e. The quantitative estimate of drug-likeness (QED) is 0.133. The van der Waals surface area contributed by atoms with E-state index in [2.05, 4.69) is 102 Å². The lowest BCUT2D eigenvalue weighted by molar-refractivity contribution is 0.101. The predicted molar refractivity (Wildman–Crippen MR) is 253 cm³/mol. The first-order valence-electron chi connectivity index (χ1n) is 19.6. The van der Waals surface area contributed by atoms with Crippen molar-refractivity contribution in [3.8, 4) is 22.6 Å². The van der Waals surface area contributed by atoms with Gasteiger partial charge in [0.25, 0.3) is 11.8 Å². The molecule has 0 saturated heterocycles. The third-order valence-corrected chi connectivity index (χ3v) is 11.3. The number of amides is 2. The summed E-state index contributed by atoms with van der Waals surface area (Å²) in [7, 11) is 0. The molecule has 3 aromatic heterocycles. The number of carbonyl (C=O) groups is 2. The molecule has 4 N–H and O–H groups in total. The van der Waals surface area contributed by atoms with E-state index in [0.29, 0.717) is 54.4 Å². The third kappa shape index (κ3) is 9.03. The largest absolute Gasteiger partial charge is 0.354 e. The van der Waals surface area contributed by atoms with Crippen LogP contribution in [0.1, 0.15) is 58.2 Å². The molecule has 2 amide bonds. The number of carbonyl (C=O) groups excluding carboxylic acids is 2. The number of para-hydroxylation sites is 1. The van der Waals surface area contributed by atoms with Crippen molar-refractivity contribution in [2.45, 2.75) is 40.0 Å². The molecule has 61 heavy (non-hydrogen) atoms. The standard InChI is InChI=1S/C27H28N2O.C23H13Cl3N4O/c1-17-7-6-8-18(2)25(17)24-15-19-9-10-20(16-23(19)29-24)26(30)28-22-13-11-21(12-14-22)27(3,4)5;24-14-10-15(25)21(16(26)11-14)22-28-18-7-5-13(9-19(18)29-22)23(31)30-20-8-6-12-3-1-2-4-17(12)27-20/h6-16,29H,1-5H3,(H,28,30);1-11H,(H,28,29)(H,27,30,31). The van der Waals surface area contributed by atoms with Gasteiger partial charge in [0.1, 0.15) is 11.6 Å². The Hall–Kier alpha value is -6.45. The van der Waals surface area contributed by atoms with Crippen LogP contribution in [0.15, 0.2) is 133 Å². The lowest BCUT2D eigenvalue weighted by Gasteiger charge is -2.19. The number of aryl methyl sites for hydroxylation is 2. The molecule has 0 atom stereocenters. The molecule has 0 fully saturated rings. The third-order valence-electron chi connectivity index (χ3n) is 10.5. The molecule has 0 radical (unpaired) electrons. The fourth-order valence-electron chi connectivity index (χ4n) is 7.26. The summed E-state index contributed by atoms with van der Waals surface area (Å²) in [5.74, 6) is 0.594. The van der Waals surface area contributed by atoms with Crippen LogP contribution in [0.5, 0.6) is 0 Å². The number of hydrogen-bond donors (Lipinski definition) is 4. The van der Waals surface area contributed by atoms with Gasteiger partial charge in [0.2, 0.25) is 0 Å². The maximum atomic E-state index is 12.8. The van der Waals surface area contributed by atoms with Crippen molar-refractivity contribution in [3.63, 3.8) is 0 Å². The molecular weight excluding hydrogens is 823 g/mol. The van der Waals surface area contributed by atoms with Crippen LogP contribution in [0.2, 0.25) is 15.1 Å². The highest BCUT2D eigenvalue weighted by atomic mass is 35.5. The highest BCUT2D eigenvalue weighted by molar-refractivity contribution is 6.41. The Balaban J connectivity index is 0.000000169. The summed E-state index contributed by atoms with van der Waals surface area (Å²) in [6.45, 7) is 10.8. The lowest BCUT2D eigenvalue weighted by Crippen LogP contribution is -2.13. The number of imidazole rings is 1. The Morgan fingerprint density at radius 1 is 0.574 bits per heavy atom. The van der Waals surface area contributed by atoms with E-state index in [4.69, 9.17) is 34.8 Å². The van der Waals surface area contributed by atoms with Crippen molar-refractivity contribution >= 4 is 91.0 Å². The van der Waals surface area contributed by atoms with Crippen LogP contribution in [0.3, 0.4) is 0 Å². The predicted octanol–water partition coefficient (Wildman–Crippen LogP) is 14.0. The molecule has 6 aromatic carbocycles. The van der Waals surface area contributed by atoms with Gasteiger partial charge in [-0.2, -0.15) is 0 Å². The van der Waals surface area contributed by atoms with Gasteiger partial charge < -0.3 is 20.6 Å². The van der Waals surface area contributed by atoms with E-state index >= 15 is 0 Å². The molecule has 3 heterocycles. The molecular formula is C50H41Cl3N6O2. The summed E-state index contributed by atoms with van der Waals surface area (Å²) in [4.78, 5) is 41.3. The number of H-pyrrole nitrogens is 2. The number of pyridine rings is 1. The van der Waals surface area contributed by atoms with E-state index in [0.717, 1.165) is 33.2 Å². The molecule has 0 aliphatic heterocycles. The first-order valence-corrected chi connectivity index (χ1v) is 20.8. The smallest absolute Gasteiger partial charge is 0.256 e. The van der Waals surface area contributed by atoms with Gasteiger partial charge in [0, 0.05) is 49.4 Å². The van der Waals surface area contributed by atoms with Gasteiger partial charge in [-0.05, 0) is 115 Å². The number of fused-ring (bicyclic) bond motifs is 3. The van der Waals surface area contributed by atoms with Crippen LogP contribution in [0, 0.1) is 13.8 Å². The second-order valence-electron chi connectivity index (χ2n) is 15.9. The average molecular weight is 864 g/mol. The lowest BCUT2D eigenvalue weighted by atomic mass is 9.87. The maximum absolute atomic E-state index is 12.8. The summed E-state index contributed by atoms with van der Waals surface area (Å²) in [5, 5.41) is 9.16. The number of nitrogens with one attached hydrogen (secondary N) is 4. The van der Waals surface area contributed by atoms with Gasteiger partial charge in [-0.3, -0.25) is 9.59 Å². The van der Waals surface area contributed by atoms with Crippen molar-refractivity contribution in [2.24, 2.45) is 0 Å². The van der Waals surface area contributed by atoms with Gasteiger partial charge in [0.05, 0.1) is 32.2 Å². The van der Waals surface area contributed by atoms with E-state index in [1.54, 1.807) is 36.4 Å². The highest BCUT2D eigenvalue weighted by Crippen LogP contribution is 2.37. The number of nitrogens with zero attached hydrogens (tertiary/aromatic N) is 2. The Morgan fingerprint density at radius 3 is 1.92 bits per heavy atom. The van der Waals surface area contributed by atoms with Crippen molar-refractivity contribution < 1.29 is 9.59 Å². The minimum Gasteiger partial charge on any atom is -0.354 e. The number of anilines is 2. The molecule has 11 heteroatoms. The van der Waals surface area contributed by atoms with Crippen LogP contribution in [-0.4, -0.2) is 31.8 Å². The van der Waals surface area contributed by atoms with Crippen LogP contribution in [0.4, 0.5) is 11.5 Å². The van der Waals surface area contributed by atoms with Gasteiger partial charge in [-0.15, -0.1) is 0 Å². The van der Waals surface area contributed by atoms with Crippen LogP contribution in [0.25, 0.3) is 55.5 Å². The Labute approximate surface area is 368 Å². The second kappa shape index (κ2) is 16.9. The summed E-state index contributed by atoms with van der Waals surface area (Å²) < 4.78 is 0. The summed E-state index contributed by atoms with van der Waals surface area (Å²) in [6.07, 6.45) is 0. The second-order valence-corrected chi connectivity index (χ2v) is 17.2. The molecule has 0 unspecified atom stereocenters. The van der Waals surface area contributed by atoms with Crippen LogP contribution in [-0.2, 0) is 5.41 Å². The minimum atomic E-state index is -0.275. The van der Waals surface area contributed by atoms with Gasteiger partial charge in [0.15, 0.2) is 0 Å². The average Bonchev–Trinajstić information content (AvgIpc) is 3.84. The molecule has 0 bridgehead atoms. The first-order chi connectivity index (χ1) is 29.2. The zero-order valence-electron chi connectivity index (χ0n) is 34.0. The Kier molecular flexibility index (Phi) is 11.4. The molecule has 0 aliphatic carbocycles. The van der Waals surface area contributed by atoms with Crippen LogP contribution >= 0.6 is 34.8 Å². The zero-order chi connectivity index (χ0) is 43.0. The molecule has 304 valence electrons. The molecule has 0 aliphatic rings. The SMILES string of the molecule is Cc1cccc(C)c1-c1cc2ccc(C(=O)Nc3ccc(C(C)(C)C)cc3)cc2[nH]1.O=C(Nc1ccc2ccccc2n1)c1ccc2nc(-c3c(Cl)cc(Cl)cc3Cl)[nH]c2c1. The van der Waals surface area contributed by atoms with E-state index in [1.165, 1.54) is 22.3 Å². The fraction of sp³-hybridized carbons (Fsp3) is 0.120. The van der Waals surface area contributed by atoms with Crippen molar-refractivity contribution in [2.75, 3.05) is 10.6 Å². The van der Waals surface area contributed by atoms with Crippen molar-refractivity contribution in [1.82, 2.24) is 19.9 Å². The molecule has 9 aromatic rings. The monoisotopic (exact) mass is 862 g/mol. The Morgan fingerprint density at radius 2 is 1.21 bits per heavy atom. The minimum absolute atomic E-state index is 0.0916. The van der Waals surface area contributed by atoms with E-state index in [-0.39, 0.29) is 17.2 Å². The Bertz CT molecular complexity index is 3080. The molecule has 9 rings (SSSR count). The van der Waals surface area contributed by atoms with E-state index < -0.39 is 0 Å². The normalized spacial score (nSPS) is 11.4. The highest BCUT2D eigenvalue weighted by Gasteiger charge is 2.17. The topological polar surface area (TPSA) is 116 Å². The van der Waals surface area contributed by atoms with Crippen LogP contribution < -0.4 is 10.6 Å². The van der Waals surface area contributed by atoms with Gasteiger partial charge in [-0.1, -0.05) is 110 Å². The molecule has 0 saturated carbocycles. The summed E-state index contributed by atoms with van der Waals surface area (Å²) >= 11 is 18.6. The molecule has 0 spiro atoms. The molecule has 8 nitrogen and oxygen atoms in total. The number of rotatable bonds is 6. The summed E-state index contributed by atoms with van der Waals surface area (Å²) in [6, 6.07) is 42.1. The van der Waals surface area contributed by atoms with E-state index in [1.807, 2.05) is 60.7 Å². The number of aromatic amines is 2. The fourth-order valence-corrected chi connectivity index (χ4v) is 8.26. The van der Waals surface area contributed by atoms with E-state index in [9.17, 15) is 9.59 Å². The summed E-state index contributed by atoms with van der Waals surface area (Å²) in [5.41, 5.74) is 11.7.